The molecule has 0 unspecified atom stereocenters. The van der Waals surface area contributed by atoms with Crippen LogP contribution in [0.5, 0.6) is 0 Å². The topological polar surface area (TPSA) is 0 Å². The molecule has 2 aromatic carbocycles. The van der Waals surface area contributed by atoms with Crippen molar-refractivity contribution in [1.29, 1.82) is 0 Å². The summed E-state index contributed by atoms with van der Waals surface area (Å²) in [6.07, 6.45) is 0. The van der Waals surface area contributed by atoms with Gasteiger partial charge in [0.05, 0.1) is 0 Å². The zero-order chi connectivity index (χ0) is 11.2. The summed E-state index contributed by atoms with van der Waals surface area (Å²) in [6.45, 7) is 0. The van der Waals surface area contributed by atoms with E-state index in [0.29, 0.717) is 15.0 Å². The predicted octanol–water partition coefficient (Wildman–Crippen LogP) is 2.07. The molecule has 0 nitrogen and oxygen atoms in total. The molecule has 0 atom stereocenters. The molecule has 0 bridgehead atoms. The first-order valence-corrected chi connectivity index (χ1v) is 10.2. The Kier molecular flexibility index (Phi) is 5.23. The van der Waals surface area contributed by atoms with Crippen LogP contribution in [0.1, 0.15) is 0 Å². The van der Waals surface area contributed by atoms with E-state index in [4.69, 9.17) is 11.6 Å². The predicted molar refractivity (Wildman–Crippen MR) is 73.5 cm³/mol. The summed E-state index contributed by atoms with van der Waals surface area (Å²) in [7, 11) is 0. The third kappa shape index (κ3) is 4.13. The Balaban J connectivity index is 1.82. The van der Waals surface area contributed by atoms with Gasteiger partial charge in [0.25, 0.3) is 0 Å². The molecule has 0 spiro atoms. The molecule has 0 fully saturated rings. The summed E-state index contributed by atoms with van der Waals surface area (Å²) >= 11 is 6.48. The second-order valence-electron chi connectivity index (χ2n) is 3.17. The first kappa shape index (κ1) is 12.5. The number of hydrogen-bond donors (Lipinski definition) is 0. The molecule has 0 amide bonds. The molecule has 16 heavy (non-hydrogen) atoms. The van der Waals surface area contributed by atoms with Gasteiger partial charge >= 0.3 is 119 Å². The van der Waals surface area contributed by atoms with Crippen LogP contribution >= 0.6 is 11.6 Å². The van der Waals surface area contributed by atoms with Crippen molar-refractivity contribution in [3.05, 3.63) is 59.6 Å². The Labute approximate surface area is 118 Å². The van der Waals surface area contributed by atoms with Gasteiger partial charge in [0.15, 0.2) is 0 Å². The quantitative estimate of drug-likeness (QED) is 0.679. The minimum absolute atomic E-state index is 0.00925. The normalized spacial score (nSPS) is 10.3. The van der Waals surface area contributed by atoms with Crippen LogP contribution in [0.4, 0.5) is 0 Å². The number of hydrogen-bond acceptors (Lipinski definition) is 0. The first-order chi connectivity index (χ1) is 7.84. The monoisotopic (exact) mass is 412 g/mol. The standard InChI is InChI=1S/C13H11ClSeTe/c14-11-6-8-12(9-7-11)15-10-16-13-4-2-1-3-5-13/h1-9H,10H2. The van der Waals surface area contributed by atoms with Crippen LogP contribution in [-0.4, -0.2) is 35.9 Å². The molecule has 0 aliphatic heterocycles. The van der Waals surface area contributed by atoms with Crippen molar-refractivity contribution in [2.45, 2.75) is 3.37 Å². The molecule has 2 rings (SSSR count). The summed E-state index contributed by atoms with van der Waals surface area (Å²) in [4.78, 5) is 0. The second kappa shape index (κ2) is 6.70. The van der Waals surface area contributed by atoms with Gasteiger partial charge in [0.2, 0.25) is 0 Å². The fourth-order valence-corrected chi connectivity index (χ4v) is 8.63. The zero-order valence-corrected chi connectivity index (χ0v) is 13.4. The van der Waals surface area contributed by atoms with E-state index in [9.17, 15) is 0 Å². The van der Waals surface area contributed by atoms with Crippen LogP contribution < -0.4 is 8.07 Å². The SMILES string of the molecule is Clc1ccc([Se]C[Te]c2ccccc2)cc1. The van der Waals surface area contributed by atoms with Crippen LogP contribution in [0.25, 0.3) is 0 Å². The Bertz CT molecular complexity index is 427. The van der Waals surface area contributed by atoms with Gasteiger partial charge in [-0.2, -0.15) is 0 Å². The van der Waals surface area contributed by atoms with Gasteiger partial charge < -0.3 is 0 Å². The average molecular weight is 409 g/mol. The Morgan fingerprint density at radius 3 is 2.31 bits per heavy atom. The Morgan fingerprint density at radius 2 is 1.62 bits per heavy atom. The van der Waals surface area contributed by atoms with Gasteiger partial charge in [-0.15, -0.1) is 0 Å². The molecule has 3 heteroatoms. The Hall–Kier alpha value is 0.0391. The fourth-order valence-electron chi connectivity index (χ4n) is 1.21. The third-order valence-corrected chi connectivity index (χ3v) is 9.25. The molecule has 82 valence electrons. The molecule has 0 N–H and O–H groups in total. The molecule has 0 aliphatic carbocycles. The van der Waals surface area contributed by atoms with Crippen molar-refractivity contribution in [3.63, 3.8) is 0 Å². The molecule has 0 heterocycles. The summed E-state index contributed by atoms with van der Waals surface area (Å²) in [6, 6.07) is 19.1. The second-order valence-corrected chi connectivity index (χ2v) is 11.4. The van der Waals surface area contributed by atoms with Crippen LogP contribution in [-0.2, 0) is 0 Å². The first-order valence-electron chi connectivity index (χ1n) is 4.91. The summed E-state index contributed by atoms with van der Waals surface area (Å²) in [5.74, 6) is 0. The summed E-state index contributed by atoms with van der Waals surface area (Å²) in [5, 5.41) is 0.832. The zero-order valence-electron chi connectivity index (χ0n) is 8.60. The number of benzene rings is 2. The van der Waals surface area contributed by atoms with Crippen LogP contribution in [0.15, 0.2) is 54.6 Å². The van der Waals surface area contributed by atoms with Crippen molar-refractivity contribution < 1.29 is 0 Å². The van der Waals surface area contributed by atoms with Gasteiger partial charge in [-0.25, -0.2) is 0 Å². The van der Waals surface area contributed by atoms with Crippen molar-refractivity contribution in [1.82, 2.24) is 0 Å². The Morgan fingerprint density at radius 1 is 0.938 bits per heavy atom. The minimum atomic E-state index is 0.00925. The van der Waals surface area contributed by atoms with Crippen LogP contribution in [0.2, 0.25) is 8.39 Å². The van der Waals surface area contributed by atoms with Crippen LogP contribution in [0.3, 0.4) is 0 Å². The van der Waals surface area contributed by atoms with E-state index in [1.807, 2.05) is 12.1 Å². The van der Waals surface area contributed by atoms with E-state index in [1.165, 1.54) is 7.83 Å². The van der Waals surface area contributed by atoms with Crippen LogP contribution in [0, 0.1) is 0 Å². The van der Waals surface area contributed by atoms with Gasteiger partial charge in [-0.3, -0.25) is 0 Å². The number of rotatable bonds is 4. The molecule has 0 aliphatic rings. The maximum atomic E-state index is 5.86. The molecule has 2 aromatic rings. The van der Waals surface area contributed by atoms with E-state index in [0.717, 1.165) is 5.02 Å². The van der Waals surface area contributed by atoms with E-state index >= 15 is 0 Å². The van der Waals surface area contributed by atoms with Gasteiger partial charge in [-0.05, 0) is 0 Å². The molecular weight excluding hydrogens is 398 g/mol. The van der Waals surface area contributed by atoms with Gasteiger partial charge in [-0.1, -0.05) is 0 Å². The van der Waals surface area contributed by atoms with Gasteiger partial charge in [0, 0.05) is 0 Å². The van der Waals surface area contributed by atoms with Crippen molar-refractivity contribution >= 4 is 55.6 Å². The van der Waals surface area contributed by atoms with Gasteiger partial charge in [0.1, 0.15) is 0 Å². The molecular formula is C13H11ClSeTe. The molecule has 0 radical (unpaired) electrons. The maximum absolute atomic E-state index is 5.86. The summed E-state index contributed by atoms with van der Waals surface area (Å²) in [5.41, 5.74) is 0. The average Bonchev–Trinajstić information content (AvgIpc) is 2.33. The molecule has 0 aromatic heterocycles. The number of halogens is 1. The summed E-state index contributed by atoms with van der Waals surface area (Å²) < 4.78 is 4.39. The van der Waals surface area contributed by atoms with Crippen molar-refractivity contribution in [2.24, 2.45) is 0 Å². The van der Waals surface area contributed by atoms with E-state index in [-0.39, 0.29) is 20.9 Å². The fraction of sp³-hybridized carbons (Fsp3) is 0.0769. The van der Waals surface area contributed by atoms with E-state index in [2.05, 4.69) is 42.5 Å². The third-order valence-electron chi connectivity index (χ3n) is 2.01. The molecule has 0 saturated heterocycles. The van der Waals surface area contributed by atoms with E-state index in [1.54, 1.807) is 3.61 Å². The van der Waals surface area contributed by atoms with Crippen molar-refractivity contribution in [3.8, 4) is 0 Å². The van der Waals surface area contributed by atoms with Crippen molar-refractivity contribution in [2.75, 3.05) is 0 Å². The van der Waals surface area contributed by atoms with E-state index < -0.39 is 0 Å². The molecule has 0 saturated carbocycles.